The average Bonchev–Trinajstić information content (AvgIpc) is 2.97. The third-order valence-corrected chi connectivity index (χ3v) is 3.28. The molecule has 0 atom stereocenters. The van der Waals surface area contributed by atoms with Crippen LogP contribution < -0.4 is 0 Å². The summed E-state index contributed by atoms with van der Waals surface area (Å²) in [7, 11) is 0. The van der Waals surface area contributed by atoms with Crippen LogP contribution in [0.5, 0.6) is 0 Å². The van der Waals surface area contributed by atoms with E-state index in [0.717, 1.165) is 17.3 Å². The Morgan fingerprint density at radius 2 is 1.93 bits per heavy atom. The molecule has 0 radical (unpaired) electrons. The van der Waals surface area contributed by atoms with Crippen LogP contribution in [0.1, 0.15) is 18.4 Å². The first-order valence-electron chi connectivity index (χ1n) is 4.81. The summed E-state index contributed by atoms with van der Waals surface area (Å²) in [6.45, 7) is 0. The minimum absolute atomic E-state index is 0.0148. The van der Waals surface area contributed by atoms with Crippen LogP contribution >= 0.6 is 15.9 Å². The van der Waals surface area contributed by atoms with Crippen LogP contribution in [-0.2, 0) is 10.2 Å². The largest absolute Gasteiger partial charge is 0.478 e. The monoisotopic (exact) mass is 266 g/mol. The second-order valence-electron chi connectivity index (χ2n) is 3.83. The molecular weight excluding hydrogens is 256 g/mol. The molecule has 2 nitrogen and oxygen atoms in total. The van der Waals surface area contributed by atoms with Crippen molar-refractivity contribution in [3.63, 3.8) is 0 Å². The Bertz CT molecular complexity index is 402. The molecule has 1 aliphatic rings. The van der Waals surface area contributed by atoms with E-state index in [1.807, 2.05) is 24.3 Å². The molecule has 1 aromatic rings. The predicted molar refractivity (Wildman–Crippen MR) is 61.8 cm³/mol. The number of rotatable bonds is 3. The van der Waals surface area contributed by atoms with Crippen LogP contribution in [0, 0.1) is 0 Å². The number of allylic oxidation sites excluding steroid dienone is 1. The highest BCUT2D eigenvalue weighted by Crippen LogP contribution is 2.49. The summed E-state index contributed by atoms with van der Waals surface area (Å²) < 4.78 is 1.05. The van der Waals surface area contributed by atoms with Gasteiger partial charge in [-0.3, -0.25) is 0 Å². The lowest BCUT2D eigenvalue weighted by Crippen LogP contribution is -2.03. The van der Waals surface area contributed by atoms with Gasteiger partial charge < -0.3 is 5.11 Å². The van der Waals surface area contributed by atoms with Crippen LogP contribution in [0.3, 0.4) is 0 Å². The Labute approximate surface area is 96.7 Å². The molecule has 0 aliphatic heterocycles. The molecular formula is C12H11BrO2. The lowest BCUT2D eigenvalue weighted by atomic mass is 9.96. The SMILES string of the molecule is O=C(O)/C=C/C1(c2ccc(Br)cc2)CC1. The summed E-state index contributed by atoms with van der Waals surface area (Å²) in [5, 5.41) is 8.60. The lowest BCUT2D eigenvalue weighted by Gasteiger charge is -2.09. The lowest BCUT2D eigenvalue weighted by molar-refractivity contribution is -0.131. The number of carboxylic acid groups (broad SMARTS) is 1. The third-order valence-electron chi connectivity index (χ3n) is 2.75. The molecule has 1 fully saturated rings. The van der Waals surface area contributed by atoms with Gasteiger partial charge in [-0.2, -0.15) is 0 Å². The highest BCUT2D eigenvalue weighted by molar-refractivity contribution is 9.10. The zero-order valence-corrected chi connectivity index (χ0v) is 9.70. The van der Waals surface area contributed by atoms with E-state index in [1.54, 1.807) is 6.08 Å². The van der Waals surface area contributed by atoms with Crippen molar-refractivity contribution in [2.45, 2.75) is 18.3 Å². The number of hydrogen-bond acceptors (Lipinski definition) is 1. The van der Waals surface area contributed by atoms with Crippen molar-refractivity contribution in [2.24, 2.45) is 0 Å². The normalized spacial score (nSPS) is 17.9. The van der Waals surface area contributed by atoms with E-state index in [-0.39, 0.29) is 5.41 Å². The predicted octanol–water partition coefficient (Wildman–Crippen LogP) is 3.12. The molecule has 0 saturated heterocycles. The molecule has 0 amide bonds. The quantitative estimate of drug-likeness (QED) is 0.854. The molecule has 1 aliphatic carbocycles. The highest BCUT2D eigenvalue weighted by atomic mass is 79.9. The number of hydrogen-bond donors (Lipinski definition) is 1. The fourth-order valence-electron chi connectivity index (χ4n) is 1.70. The molecule has 0 spiro atoms. The zero-order valence-electron chi connectivity index (χ0n) is 8.11. The molecule has 78 valence electrons. The van der Waals surface area contributed by atoms with Crippen LogP contribution in [0.25, 0.3) is 0 Å². The Hall–Kier alpha value is -1.09. The van der Waals surface area contributed by atoms with E-state index in [1.165, 1.54) is 11.6 Å². The number of carboxylic acids is 1. The molecule has 1 N–H and O–H groups in total. The number of aliphatic carboxylic acids is 1. The Morgan fingerprint density at radius 3 is 2.40 bits per heavy atom. The fourth-order valence-corrected chi connectivity index (χ4v) is 1.96. The summed E-state index contributed by atoms with van der Waals surface area (Å²) >= 11 is 3.38. The Balaban J connectivity index is 2.23. The molecule has 1 saturated carbocycles. The second-order valence-corrected chi connectivity index (χ2v) is 4.75. The maximum absolute atomic E-state index is 10.5. The highest BCUT2D eigenvalue weighted by Gasteiger charge is 2.41. The van der Waals surface area contributed by atoms with Crippen LogP contribution in [-0.4, -0.2) is 11.1 Å². The summed E-state index contributed by atoms with van der Waals surface area (Å²) in [4.78, 5) is 10.5. The minimum atomic E-state index is -0.876. The van der Waals surface area contributed by atoms with E-state index in [0.29, 0.717) is 0 Å². The van der Waals surface area contributed by atoms with Gasteiger partial charge in [-0.05, 0) is 30.5 Å². The van der Waals surface area contributed by atoms with Gasteiger partial charge in [0.2, 0.25) is 0 Å². The molecule has 0 unspecified atom stereocenters. The van der Waals surface area contributed by atoms with Crippen molar-refractivity contribution >= 4 is 21.9 Å². The third kappa shape index (κ3) is 2.29. The van der Waals surface area contributed by atoms with E-state index in [2.05, 4.69) is 15.9 Å². The zero-order chi connectivity index (χ0) is 10.9. The minimum Gasteiger partial charge on any atom is -0.478 e. The van der Waals surface area contributed by atoms with E-state index in [9.17, 15) is 4.79 Å². The second kappa shape index (κ2) is 3.81. The fraction of sp³-hybridized carbons (Fsp3) is 0.250. The van der Waals surface area contributed by atoms with Gasteiger partial charge >= 0.3 is 5.97 Å². The van der Waals surface area contributed by atoms with Gasteiger partial charge in [0.15, 0.2) is 0 Å². The summed E-state index contributed by atoms with van der Waals surface area (Å²) in [6, 6.07) is 8.07. The Morgan fingerprint density at radius 1 is 1.33 bits per heavy atom. The summed E-state index contributed by atoms with van der Waals surface area (Å²) in [6.07, 6.45) is 5.13. The molecule has 3 heteroatoms. The molecule has 1 aromatic carbocycles. The van der Waals surface area contributed by atoms with Gasteiger partial charge in [-0.25, -0.2) is 4.79 Å². The number of halogens is 1. The van der Waals surface area contributed by atoms with Crippen LogP contribution in [0.15, 0.2) is 40.9 Å². The van der Waals surface area contributed by atoms with Gasteiger partial charge in [-0.1, -0.05) is 34.1 Å². The van der Waals surface area contributed by atoms with Crippen molar-refractivity contribution in [2.75, 3.05) is 0 Å². The first kappa shape index (κ1) is 10.4. The average molecular weight is 267 g/mol. The maximum atomic E-state index is 10.5. The van der Waals surface area contributed by atoms with Crippen LogP contribution in [0.4, 0.5) is 0 Å². The van der Waals surface area contributed by atoms with Crippen molar-refractivity contribution in [3.05, 3.63) is 46.5 Å². The maximum Gasteiger partial charge on any atom is 0.328 e. The van der Waals surface area contributed by atoms with Crippen molar-refractivity contribution in [1.29, 1.82) is 0 Å². The van der Waals surface area contributed by atoms with Crippen molar-refractivity contribution < 1.29 is 9.90 Å². The van der Waals surface area contributed by atoms with Gasteiger partial charge in [0.05, 0.1) is 0 Å². The summed E-state index contributed by atoms with van der Waals surface area (Å²) in [5.41, 5.74) is 1.18. The Kier molecular flexibility index (Phi) is 2.65. The van der Waals surface area contributed by atoms with Crippen molar-refractivity contribution in [1.82, 2.24) is 0 Å². The van der Waals surface area contributed by atoms with E-state index < -0.39 is 5.97 Å². The van der Waals surface area contributed by atoms with Gasteiger partial charge in [0.25, 0.3) is 0 Å². The standard InChI is InChI=1S/C12H11BrO2/c13-10-3-1-9(2-4-10)12(7-8-12)6-5-11(14)15/h1-6H,7-8H2,(H,14,15)/b6-5+. The first-order valence-corrected chi connectivity index (χ1v) is 5.60. The molecule has 15 heavy (non-hydrogen) atoms. The topological polar surface area (TPSA) is 37.3 Å². The van der Waals surface area contributed by atoms with E-state index in [4.69, 9.17) is 5.11 Å². The number of carbonyl (C=O) groups is 1. The smallest absolute Gasteiger partial charge is 0.328 e. The van der Waals surface area contributed by atoms with Crippen LogP contribution in [0.2, 0.25) is 0 Å². The number of benzene rings is 1. The van der Waals surface area contributed by atoms with Gasteiger partial charge in [0, 0.05) is 16.0 Å². The van der Waals surface area contributed by atoms with Gasteiger partial charge in [0.1, 0.15) is 0 Å². The van der Waals surface area contributed by atoms with Gasteiger partial charge in [-0.15, -0.1) is 0 Å². The molecule has 0 heterocycles. The first-order chi connectivity index (χ1) is 7.12. The summed E-state index contributed by atoms with van der Waals surface area (Å²) in [5.74, 6) is -0.876. The molecule has 0 bridgehead atoms. The molecule has 2 rings (SSSR count). The van der Waals surface area contributed by atoms with Crippen molar-refractivity contribution in [3.8, 4) is 0 Å². The molecule has 0 aromatic heterocycles. The van der Waals surface area contributed by atoms with E-state index >= 15 is 0 Å².